The average Bonchev–Trinajstić information content (AvgIpc) is 2.61. The Hall–Kier alpha value is -2.12. The van der Waals surface area contributed by atoms with Crippen molar-refractivity contribution in [2.45, 2.75) is 39.5 Å². The normalized spacial score (nSPS) is 15.9. The zero-order valence-electron chi connectivity index (χ0n) is 17.8. The highest BCUT2D eigenvalue weighted by Crippen LogP contribution is 2.10. The van der Waals surface area contributed by atoms with Crippen molar-refractivity contribution in [3.8, 4) is 0 Å². The molecule has 1 fully saturated rings. The van der Waals surface area contributed by atoms with Gasteiger partial charge in [0.2, 0.25) is 5.91 Å². The van der Waals surface area contributed by atoms with E-state index in [0.717, 1.165) is 38.3 Å². The minimum atomic E-state index is -0.576. The minimum Gasteiger partial charge on any atom is -0.444 e. The van der Waals surface area contributed by atoms with Crippen LogP contribution in [-0.4, -0.2) is 79.1 Å². The van der Waals surface area contributed by atoms with Gasteiger partial charge in [-0.15, -0.1) is 0 Å². The van der Waals surface area contributed by atoms with Crippen molar-refractivity contribution in [3.05, 3.63) is 35.4 Å². The molecule has 1 aliphatic rings. The Morgan fingerprint density at radius 1 is 1.07 bits per heavy atom. The maximum atomic E-state index is 12.1. The quantitative estimate of drug-likeness (QED) is 0.804. The molecule has 0 saturated carbocycles. The highest BCUT2D eigenvalue weighted by molar-refractivity contribution is 5.82. The largest absolute Gasteiger partial charge is 0.444 e. The van der Waals surface area contributed by atoms with Crippen LogP contribution in [0.2, 0.25) is 0 Å². The number of carbonyl (C=O) groups excluding carboxylic acids is 2. The number of hydrogen-bond donors (Lipinski definition) is 1. The van der Waals surface area contributed by atoms with E-state index in [1.165, 1.54) is 10.5 Å². The van der Waals surface area contributed by atoms with Gasteiger partial charge in [-0.05, 0) is 38.9 Å². The molecule has 156 valence electrons. The van der Waals surface area contributed by atoms with Gasteiger partial charge in [0.25, 0.3) is 0 Å². The second kappa shape index (κ2) is 9.89. The van der Waals surface area contributed by atoms with Crippen LogP contribution in [0.25, 0.3) is 0 Å². The third-order valence-electron chi connectivity index (χ3n) is 4.60. The summed E-state index contributed by atoms with van der Waals surface area (Å²) in [6.07, 6.45) is -0.504. The maximum absolute atomic E-state index is 12.1. The summed E-state index contributed by atoms with van der Waals surface area (Å²) in [6.45, 7) is 11.2. The molecule has 28 heavy (non-hydrogen) atoms. The summed E-state index contributed by atoms with van der Waals surface area (Å²) in [6, 6.07) is 8.33. The summed E-state index contributed by atoms with van der Waals surface area (Å²) in [5.41, 5.74) is 1.74. The Morgan fingerprint density at radius 3 is 2.21 bits per heavy atom. The molecule has 0 atom stereocenters. The molecule has 1 saturated heterocycles. The zero-order valence-corrected chi connectivity index (χ0v) is 17.8. The van der Waals surface area contributed by atoms with Crippen LogP contribution in [-0.2, 0) is 22.6 Å². The number of carbonyl (C=O) groups is 2. The number of likely N-dealkylation sites (N-methyl/N-ethyl adjacent to an activating group) is 2. The first-order valence-corrected chi connectivity index (χ1v) is 9.82. The number of amides is 2. The van der Waals surface area contributed by atoms with Crippen LogP contribution in [0.15, 0.2) is 24.3 Å². The van der Waals surface area contributed by atoms with Crippen LogP contribution in [0.4, 0.5) is 4.79 Å². The lowest BCUT2D eigenvalue weighted by atomic mass is 10.1. The van der Waals surface area contributed by atoms with Gasteiger partial charge in [-0.3, -0.25) is 9.69 Å². The van der Waals surface area contributed by atoms with Crippen LogP contribution < -0.4 is 5.32 Å². The SMILES string of the molecule is CN1CCN(Cc2ccc(CNC(=O)CN(C)C(=O)OC(C)(C)C)cc2)CC1. The summed E-state index contributed by atoms with van der Waals surface area (Å²) in [7, 11) is 3.71. The van der Waals surface area contributed by atoms with E-state index in [2.05, 4.69) is 34.3 Å². The Bertz CT molecular complexity index is 647. The Kier molecular flexibility index (Phi) is 7.83. The highest BCUT2D eigenvalue weighted by atomic mass is 16.6. The van der Waals surface area contributed by atoms with Crippen molar-refractivity contribution in [3.63, 3.8) is 0 Å². The van der Waals surface area contributed by atoms with E-state index in [4.69, 9.17) is 4.74 Å². The van der Waals surface area contributed by atoms with Crippen molar-refractivity contribution >= 4 is 12.0 Å². The number of piperazine rings is 1. The van der Waals surface area contributed by atoms with E-state index in [1.54, 1.807) is 27.8 Å². The predicted octanol–water partition coefficient (Wildman–Crippen LogP) is 1.92. The zero-order chi connectivity index (χ0) is 20.7. The van der Waals surface area contributed by atoms with Crippen LogP contribution in [0.1, 0.15) is 31.9 Å². The second-order valence-electron chi connectivity index (χ2n) is 8.51. The summed E-state index contributed by atoms with van der Waals surface area (Å²) in [5, 5.41) is 2.85. The van der Waals surface area contributed by atoms with Gasteiger partial charge in [0, 0.05) is 46.3 Å². The fourth-order valence-electron chi connectivity index (χ4n) is 2.90. The van der Waals surface area contributed by atoms with Gasteiger partial charge in [-0.25, -0.2) is 4.79 Å². The highest BCUT2D eigenvalue weighted by Gasteiger charge is 2.21. The summed E-state index contributed by atoms with van der Waals surface area (Å²) in [5.74, 6) is -0.213. The number of nitrogens with zero attached hydrogens (tertiary/aromatic N) is 3. The fourth-order valence-corrected chi connectivity index (χ4v) is 2.90. The molecule has 1 aliphatic heterocycles. The van der Waals surface area contributed by atoms with Crippen molar-refractivity contribution in [2.24, 2.45) is 0 Å². The molecule has 1 heterocycles. The molecule has 7 heteroatoms. The van der Waals surface area contributed by atoms with Crippen molar-refractivity contribution in [1.82, 2.24) is 20.0 Å². The molecule has 1 aromatic rings. The van der Waals surface area contributed by atoms with Gasteiger partial charge < -0.3 is 19.9 Å². The molecular weight excluding hydrogens is 356 g/mol. The van der Waals surface area contributed by atoms with Gasteiger partial charge in [-0.1, -0.05) is 24.3 Å². The van der Waals surface area contributed by atoms with Crippen LogP contribution in [0, 0.1) is 0 Å². The fraction of sp³-hybridized carbons (Fsp3) is 0.619. The molecule has 1 N–H and O–H groups in total. The van der Waals surface area contributed by atoms with Gasteiger partial charge in [0.05, 0.1) is 0 Å². The molecule has 0 unspecified atom stereocenters. The smallest absolute Gasteiger partial charge is 0.410 e. The molecular formula is C21H34N4O3. The topological polar surface area (TPSA) is 65.1 Å². The van der Waals surface area contributed by atoms with E-state index in [-0.39, 0.29) is 12.5 Å². The van der Waals surface area contributed by atoms with Gasteiger partial charge >= 0.3 is 6.09 Å². The average molecular weight is 391 g/mol. The number of ether oxygens (including phenoxy) is 1. The van der Waals surface area contributed by atoms with E-state index >= 15 is 0 Å². The van der Waals surface area contributed by atoms with E-state index in [9.17, 15) is 9.59 Å². The number of benzene rings is 1. The first-order chi connectivity index (χ1) is 13.1. The lowest BCUT2D eigenvalue weighted by molar-refractivity contribution is -0.122. The molecule has 0 radical (unpaired) electrons. The number of rotatable bonds is 6. The third kappa shape index (κ3) is 7.86. The molecule has 2 rings (SSSR count). The monoisotopic (exact) mass is 390 g/mol. The van der Waals surface area contributed by atoms with Crippen LogP contribution >= 0.6 is 0 Å². The van der Waals surface area contributed by atoms with Gasteiger partial charge in [0.1, 0.15) is 12.1 Å². The summed E-state index contributed by atoms with van der Waals surface area (Å²) >= 11 is 0. The number of nitrogens with one attached hydrogen (secondary N) is 1. The van der Waals surface area contributed by atoms with Gasteiger partial charge in [0.15, 0.2) is 0 Å². The summed E-state index contributed by atoms with van der Waals surface area (Å²) < 4.78 is 5.24. The first kappa shape index (κ1) is 22.2. The van der Waals surface area contributed by atoms with Crippen LogP contribution in [0.5, 0.6) is 0 Å². The second-order valence-corrected chi connectivity index (χ2v) is 8.51. The molecule has 0 aliphatic carbocycles. The maximum Gasteiger partial charge on any atom is 0.410 e. The molecule has 0 aromatic heterocycles. The van der Waals surface area contributed by atoms with Crippen LogP contribution in [0.3, 0.4) is 0 Å². The number of hydrogen-bond acceptors (Lipinski definition) is 5. The predicted molar refractivity (Wildman–Crippen MR) is 110 cm³/mol. The molecule has 2 amide bonds. The lowest BCUT2D eigenvalue weighted by Crippen LogP contribution is -2.43. The minimum absolute atomic E-state index is 0.0313. The lowest BCUT2D eigenvalue weighted by Gasteiger charge is -2.32. The molecule has 1 aromatic carbocycles. The van der Waals surface area contributed by atoms with Crippen molar-refractivity contribution < 1.29 is 14.3 Å². The molecule has 0 spiro atoms. The van der Waals surface area contributed by atoms with Crippen molar-refractivity contribution in [2.75, 3.05) is 46.8 Å². The Balaban J connectivity index is 1.73. The Morgan fingerprint density at radius 2 is 1.64 bits per heavy atom. The first-order valence-electron chi connectivity index (χ1n) is 9.82. The van der Waals surface area contributed by atoms with Crippen molar-refractivity contribution in [1.29, 1.82) is 0 Å². The molecule has 0 bridgehead atoms. The van der Waals surface area contributed by atoms with Gasteiger partial charge in [-0.2, -0.15) is 0 Å². The van der Waals surface area contributed by atoms with E-state index < -0.39 is 11.7 Å². The summed E-state index contributed by atoms with van der Waals surface area (Å²) in [4.78, 5) is 30.1. The standard InChI is InChI=1S/C21H34N4O3/c1-21(2,3)28-20(27)24(5)16-19(26)22-14-17-6-8-18(9-7-17)15-25-12-10-23(4)11-13-25/h6-9H,10-16H2,1-5H3,(H,22,26). The van der Waals surface area contributed by atoms with E-state index in [0.29, 0.717) is 6.54 Å². The van der Waals surface area contributed by atoms with E-state index in [1.807, 2.05) is 12.1 Å². The molecule has 7 nitrogen and oxygen atoms in total. The Labute approximate surface area is 168 Å². The third-order valence-corrected chi connectivity index (χ3v) is 4.60.